The van der Waals surface area contributed by atoms with Gasteiger partial charge in [0.2, 0.25) is 0 Å². The van der Waals surface area contributed by atoms with Crippen LogP contribution >= 0.6 is 0 Å². The number of hydrogen-bond donors (Lipinski definition) is 0. The van der Waals surface area contributed by atoms with Crippen LogP contribution in [0.25, 0.3) is 0 Å². The van der Waals surface area contributed by atoms with Crippen LogP contribution in [0.15, 0.2) is 23.3 Å². The van der Waals surface area contributed by atoms with Crippen LogP contribution < -0.4 is 0 Å². The minimum absolute atomic E-state index is 0.112. The Morgan fingerprint density at radius 3 is 1.68 bits per heavy atom. The van der Waals surface area contributed by atoms with Gasteiger partial charge in [0.25, 0.3) is 0 Å². The van der Waals surface area contributed by atoms with Crippen LogP contribution in [0, 0.1) is 0 Å². The second kappa shape index (κ2) is 10.2. The molecule has 0 bridgehead atoms. The highest BCUT2D eigenvalue weighted by Crippen LogP contribution is 2.27. The summed E-state index contributed by atoms with van der Waals surface area (Å²) in [7, 11) is 0. The lowest BCUT2D eigenvalue weighted by atomic mass is 10.1. The molecule has 148 valence electrons. The van der Waals surface area contributed by atoms with E-state index in [0.29, 0.717) is 0 Å². The molecule has 2 nitrogen and oxygen atoms in total. The van der Waals surface area contributed by atoms with E-state index in [0.717, 1.165) is 25.3 Å². The molecule has 0 saturated carbocycles. The maximum Gasteiger partial charge on any atom is 0.411 e. The molecule has 0 N–H and O–H groups in total. The molecular formula is C17H26F6O2. The Bertz CT molecular complexity index is 427. The highest BCUT2D eigenvalue weighted by molar-refractivity contribution is 5.02. The first-order valence-electron chi connectivity index (χ1n) is 7.93. The number of allylic oxidation sites excluding steroid dienone is 4. The molecule has 0 radical (unpaired) electrons. The lowest BCUT2D eigenvalue weighted by Gasteiger charge is -2.30. The second-order valence-electron chi connectivity index (χ2n) is 6.35. The second-order valence-corrected chi connectivity index (χ2v) is 6.35. The van der Waals surface area contributed by atoms with Crippen molar-refractivity contribution in [2.24, 2.45) is 0 Å². The molecule has 0 spiro atoms. The van der Waals surface area contributed by atoms with Crippen LogP contribution in [0.4, 0.5) is 26.3 Å². The maximum atomic E-state index is 12.3. The van der Waals surface area contributed by atoms with Crippen LogP contribution in [-0.2, 0) is 9.47 Å². The first kappa shape index (κ1) is 24.0. The number of hydrogen-bond acceptors (Lipinski definition) is 2. The minimum atomic E-state index is -4.64. The predicted octanol–water partition coefficient (Wildman–Crippen LogP) is 6.33. The fraction of sp³-hybridized carbons (Fsp3) is 0.765. The molecule has 25 heavy (non-hydrogen) atoms. The first-order valence-corrected chi connectivity index (χ1v) is 7.93. The minimum Gasteiger partial charge on any atom is -0.341 e. The summed E-state index contributed by atoms with van der Waals surface area (Å²) >= 11 is 0. The topological polar surface area (TPSA) is 18.5 Å². The SMILES string of the molecule is CC(C)=CCCC(C)=CCCC(C)(OCC(F)(F)F)OCC(F)(F)F. The molecule has 8 heteroatoms. The maximum absolute atomic E-state index is 12.3. The van der Waals surface area contributed by atoms with Gasteiger partial charge < -0.3 is 9.47 Å². The van der Waals surface area contributed by atoms with Crippen LogP contribution in [0.2, 0.25) is 0 Å². The number of alkyl halides is 6. The number of rotatable bonds is 10. The van der Waals surface area contributed by atoms with Crippen LogP contribution in [0.1, 0.15) is 53.4 Å². The molecule has 0 fully saturated rings. The summed E-state index contributed by atoms with van der Waals surface area (Å²) in [5.41, 5.74) is 2.19. The zero-order valence-corrected chi connectivity index (χ0v) is 15.0. The molecule has 0 aromatic heterocycles. The van der Waals surface area contributed by atoms with Crippen molar-refractivity contribution in [3.8, 4) is 0 Å². The molecule has 0 aliphatic carbocycles. The van der Waals surface area contributed by atoms with E-state index >= 15 is 0 Å². The van der Waals surface area contributed by atoms with E-state index in [9.17, 15) is 26.3 Å². The summed E-state index contributed by atoms with van der Waals surface area (Å²) in [6.45, 7) is 3.58. The summed E-state index contributed by atoms with van der Waals surface area (Å²) in [6.07, 6.45) is -3.69. The van der Waals surface area contributed by atoms with Crippen molar-refractivity contribution in [3.05, 3.63) is 23.3 Å². The van der Waals surface area contributed by atoms with Crippen LogP contribution in [0.3, 0.4) is 0 Å². The van der Waals surface area contributed by atoms with Gasteiger partial charge in [0.05, 0.1) is 0 Å². The summed E-state index contributed by atoms with van der Waals surface area (Å²) in [5, 5.41) is 0. The smallest absolute Gasteiger partial charge is 0.341 e. The molecule has 0 heterocycles. The van der Waals surface area contributed by atoms with Crippen molar-refractivity contribution in [2.45, 2.75) is 71.5 Å². The summed E-state index contributed by atoms with van der Waals surface area (Å²) in [4.78, 5) is 0. The highest BCUT2D eigenvalue weighted by atomic mass is 19.4. The Kier molecular flexibility index (Phi) is 9.79. The van der Waals surface area contributed by atoms with Crippen molar-refractivity contribution >= 4 is 0 Å². The van der Waals surface area contributed by atoms with Crippen LogP contribution in [0.5, 0.6) is 0 Å². The largest absolute Gasteiger partial charge is 0.411 e. The molecule has 0 rings (SSSR count). The average molecular weight is 376 g/mol. The van der Waals surface area contributed by atoms with Gasteiger partial charge in [-0.15, -0.1) is 0 Å². The summed E-state index contributed by atoms with van der Waals surface area (Å²) in [6, 6.07) is 0. The van der Waals surface area contributed by atoms with E-state index < -0.39 is 31.4 Å². The Morgan fingerprint density at radius 2 is 1.28 bits per heavy atom. The van der Waals surface area contributed by atoms with Crippen molar-refractivity contribution < 1.29 is 35.8 Å². The molecule has 0 aliphatic rings. The number of ether oxygens (including phenoxy) is 2. The van der Waals surface area contributed by atoms with Gasteiger partial charge in [0, 0.05) is 6.42 Å². The molecule has 0 aromatic rings. The van der Waals surface area contributed by atoms with Gasteiger partial charge >= 0.3 is 12.4 Å². The molecule has 0 saturated heterocycles. The predicted molar refractivity (Wildman–Crippen MR) is 84.1 cm³/mol. The van der Waals surface area contributed by atoms with E-state index in [-0.39, 0.29) is 12.8 Å². The number of halogens is 6. The summed E-state index contributed by atoms with van der Waals surface area (Å²) < 4.78 is 83.0. The Balaban J connectivity index is 4.67. The van der Waals surface area contributed by atoms with E-state index in [4.69, 9.17) is 0 Å². The fourth-order valence-corrected chi connectivity index (χ4v) is 1.93. The fourth-order valence-electron chi connectivity index (χ4n) is 1.93. The lowest BCUT2D eigenvalue weighted by molar-refractivity contribution is -0.305. The van der Waals surface area contributed by atoms with Gasteiger partial charge in [-0.25, -0.2) is 0 Å². The first-order chi connectivity index (χ1) is 11.2. The third-order valence-corrected chi connectivity index (χ3v) is 3.26. The van der Waals surface area contributed by atoms with Crippen molar-refractivity contribution in [3.63, 3.8) is 0 Å². The van der Waals surface area contributed by atoms with Crippen molar-refractivity contribution in [1.29, 1.82) is 0 Å². The van der Waals surface area contributed by atoms with Gasteiger partial charge in [-0.2, -0.15) is 26.3 Å². The average Bonchev–Trinajstić information content (AvgIpc) is 2.41. The van der Waals surface area contributed by atoms with Crippen molar-refractivity contribution in [2.75, 3.05) is 13.2 Å². The van der Waals surface area contributed by atoms with Gasteiger partial charge in [-0.1, -0.05) is 23.3 Å². The highest BCUT2D eigenvalue weighted by Gasteiger charge is 2.38. The van der Waals surface area contributed by atoms with E-state index in [1.165, 1.54) is 5.57 Å². The zero-order valence-electron chi connectivity index (χ0n) is 15.0. The lowest BCUT2D eigenvalue weighted by Crippen LogP contribution is -2.39. The Labute approximate surface area is 144 Å². The van der Waals surface area contributed by atoms with E-state index in [1.54, 1.807) is 6.08 Å². The quantitative estimate of drug-likeness (QED) is 0.252. The van der Waals surface area contributed by atoms with Crippen molar-refractivity contribution in [1.82, 2.24) is 0 Å². The Hall–Kier alpha value is -1.02. The third kappa shape index (κ3) is 15.0. The standard InChI is InChI=1S/C17H26F6O2/c1-13(2)7-5-8-14(3)9-6-10-15(4,24-11-16(18,19)20)25-12-17(21,22)23/h7,9H,5-6,8,10-12H2,1-4H3. The van der Waals surface area contributed by atoms with E-state index in [1.807, 2.05) is 20.8 Å². The zero-order chi connectivity index (χ0) is 19.7. The van der Waals surface area contributed by atoms with Crippen LogP contribution in [-0.4, -0.2) is 31.4 Å². The monoisotopic (exact) mass is 376 g/mol. The van der Waals surface area contributed by atoms with Gasteiger partial charge in [-0.3, -0.25) is 0 Å². The molecule has 0 aromatic carbocycles. The normalized spacial score (nSPS) is 13.9. The third-order valence-electron chi connectivity index (χ3n) is 3.26. The molecule has 0 atom stereocenters. The molecule has 0 unspecified atom stereocenters. The molecule has 0 amide bonds. The van der Waals surface area contributed by atoms with Gasteiger partial charge in [0.15, 0.2) is 5.79 Å². The Morgan fingerprint density at radius 1 is 0.800 bits per heavy atom. The van der Waals surface area contributed by atoms with E-state index in [2.05, 4.69) is 15.5 Å². The van der Waals surface area contributed by atoms with Gasteiger partial charge in [0.1, 0.15) is 13.2 Å². The summed E-state index contributed by atoms with van der Waals surface area (Å²) in [5.74, 6) is -1.96. The molecule has 0 aliphatic heterocycles. The molecular weight excluding hydrogens is 350 g/mol. The van der Waals surface area contributed by atoms with Gasteiger partial charge in [-0.05, 0) is 47.0 Å².